The monoisotopic (exact) mass is 337 g/mol. The first-order valence-corrected chi connectivity index (χ1v) is 6.91. The van der Waals surface area contributed by atoms with E-state index in [0.717, 1.165) is 19.2 Å². The maximum absolute atomic E-state index is 13.7. The Balaban J connectivity index is 2.22. The molecule has 0 bridgehead atoms. The summed E-state index contributed by atoms with van der Waals surface area (Å²) in [7, 11) is 2.58. The van der Waals surface area contributed by atoms with Gasteiger partial charge in [0.15, 0.2) is 17.4 Å². The van der Waals surface area contributed by atoms with Crippen LogP contribution in [0.25, 0.3) is 0 Å². The van der Waals surface area contributed by atoms with Crippen molar-refractivity contribution in [3.63, 3.8) is 0 Å². The summed E-state index contributed by atoms with van der Waals surface area (Å²) in [6, 6.07) is 4.96. The van der Waals surface area contributed by atoms with Gasteiger partial charge in [0, 0.05) is 17.7 Å². The second-order valence-electron chi connectivity index (χ2n) is 4.91. The molecule has 0 aliphatic carbocycles. The lowest BCUT2D eigenvalue weighted by Gasteiger charge is -2.14. The molecule has 8 heteroatoms. The topological polar surface area (TPSA) is 99.6 Å². The zero-order valence-electron chi connectivity index (χ0n) is 13.2. The van der Waals surface area contributed by atoms with Gasteiger partial charge in [-0.05, 0) is 24.3 Å². The lowest BCUT2D eigenvalue weighted by molar-refractivity contribution is 0.0949. The van der Waals surface area contributed by atoms with Crippen LogP contribution in [0.15, 0.2) is 24.3 Å². The van der Waals surface area contributed by atoms with Crippen molar-refractivity contribution in [2.24, 2.45) is 0 Å². The first-order valence-electron chi connectivity index (χ1n) is 6.91. The Kier molecular flexibility index (Phi) is 5.08. The Labute approximate surface area is 137 Å². The van der Waals surface area contributed by atoms with Crippen LogP contribution >= 0.6 is 0 Å². The first-order chi connectivity index (χ1) is 11.4. The van der Waals surface area contributed by atoms with Crippen LogP contribution in [0.4, 0.5) is 20.2 Å². The number of nitrogens with one attached hydrogen (secondary N) is 1. The van der Waals surface area contributed by atoms with Gasteiger partial charge in [-0.1, -0.05) is 0 Å². The third kappa shape index (κ3) is 3.32. The quantitative estimate of drug-likeness (QED) is 0.726. The summed E-state index contributed by atoms with van der Waals surface area (Å²) >= 11 is 0. The van der Waals surface area contributed by atoms with Crippen molar-refractivity contribution in [1.82, 2.24) is 5.32 Å². The van der Waals surface area contributed by atoms with Crippen LogP contribution in [-0.2, 0) is 6.54 Å². The van der Waals surface area contributed by atoms with Crippen LogP contribution in [0, 0.1) is 11.6 Å². The van der Waals surface area contributed by atoms with E-state index < -0.39 is 23.3 Å². The van der Waals surface area contributed by atoms with Crippen molar-refractivity contribution in [2.45, 2.75) is 6.54 Å². The molecule has 0 spiro atoms. The standard InChI is InChI=1S/C16H17F2N3O3/c1-23-13-4-3-12(19)14(20)9(13)7-21-16(22)8-5-10(17)15(24-2)11(18)6-8/h3-6H,7,19-20H2,1-2H3,(H,21,22). The molecule has 0 fully saturated rings. The number of methoxy groups -OCH3 is 2. The maximum Gasteiger partial charge on any atom is 0.251 e. The van der Waals surface area contributed by atoms with E-state index in [0.29, 0.717) is 17.0 Å². The number of rotatable bonds is 5. The summed E-state index contributed by atoms with van der Waals surface area (Å²) in [5, 5.41) is 2.52. The molecule has 6 nitrogen and oxygen atoms in total. The molecule has 0 aliphatic rings. The minimum absolute atomic E-state index is 0.0197. The number of hydrogen-bond acceptors (Lipinski definition) is 5. The fourth-order valence-electron chi connectivity index (χ4n) is 2.19. The lowest BCUT2D eigenvalue weighted by Crippen LogP contribution is -2.24. The number of benzene rings is 2. The van der Waals surface area contributed by atoms with Crippen LogP contribution in [0.5, 0.6) is 11.5 Å². The van der Waals surface area contributed by atoms with E-state index in [1.165, 1.54) is 7.11 Å². The zero-order chi connectivity index (χ0) is 17.9. The van der Waals surface area contributed by atoms with E-state index in [-0.39, 0.29) is 17.8 Å². The molecule has 0 saturated carbocycles. The molecule has 0 heterocycles. The van der Waals surface area contributed by atoms with Crippen molar-refractivity contribution in [3.8, 4) is 11.5 Å². The van der Waals surface area contributed by atoms with E-state index in [4.69, 9.17) is 16.2 Å². The van der Waals surface area contributed by atoms with Crippen molar-refractivity contribution in [3.05, 3.63) is 47.0 Å². The molecule has 24 heavy (non-hydrogen) atoms. The summed E-state index contributed by atoms with van der Waals surface area (Å²) in [5.74, 6) is -2.73. The van der Waals surface area contributed by atoms with Gasteiger partial charge < -0.3 is 26.3 Å². The smallest absolute Gasteiger partial charge is 0.251 e. The number of halogens is 2. The molecule has 0 aromatic heterocycles. The Hall–Kier alpha value is -3.03. The van der Waals surface area contributed by atoms with Crippen LogP contribution in [-0.4, -0.2) is 20.1 Å². The number of amides is 1. The molecule has 5 N–H and O–H groups in total. The largest absolute Gasteiger partial charge is 0.496 e. The van der Waals surface area contributed by atoms with E-state index in [9.17, 15) is 13.6 Å². The van der Waals surface area contributed by atoms with Crippen molar-refractivity contribution >= 4 is 17.3 Å². The number of ether oxygens (including phenoxy) is 2. The molecule has 1 amide bonds. The fourth-order valence-corrected chi connectivity index (χ4v) is 2.19. The minimum atomic E-state index is -0.969. The average Bonchev–Trinajstić information content (AvgIpc) is 2.55. The average molecular weight is 337 g/mol. The van der Waals surface area contributed by atoms with Gasteiger partial charge in [-0.3, -0.25) is 4.79 Å². The predicted octanol–water partition coefficient (Wildman–Crippen LogP) is 2.08. The highest BCUT2D eigenvalue weighted by atomic mass is 19.1. The van der Waals surface area contributed by atoms with E-state index in [2.05, 4.69) is 10.1 Å². The number of nitrogen functional groups attached to an aromatic ring is 2. The molecule has 0 radical (unpaired) electrons. The second kappa shape index (κ2) is 7.03. The van der Waals surface area contributed by atoms with Gasteiger partial charge in [0.1, 0.15) is 5.75 Å². The number of carbonyl (C=O) groups excluding carboxylic acids is 1. The highest BCUT2D eigenvalue weighted by Gasteiger charge is 2.17. The van der Waals surface area contributed by atoms with Crippen molar-refractivity contribution < 1.29 is 23.0 Å². The molecule has 0 aliphatic heterocycles. The highest BCUT2D eigenvalue weighted by Crippen LogP contribution is 2.29. The lowest BCUT2D eigenvalue weighted by atomic mass is 10.1. The van der Waals surface area contributed by atoms with Gasteiger partial charge >= 0.3 is 0 Å². The van der Waals surface area contributed by atoms with Crippen LogP contribution in [0.1, 0.15) is 15.9 Å². The van der Waals surface area contributed by atoms with Crippen LogP contribution in [0.3, 0.4) is 0 Å². The number of hydrogen-bond donors (Lipinski definition) is 3. The van der Waals surface area contributed by atoms with Gasteiger partial charge in [0.05, 0.1) is 25.6 Å². The van der Waals surface area contributed by atoms with E-state index in [1.807, 2.05) is 0 Å². The molecule has 2 aromatic carbocycles. The fraction of sp³-hybridized carbons (Fsp3) is 0.188. The van der Waals surface area contributed by atoms with Gasteiger partial charge in [-0.15, -0.1) is 0 Å². The number of anilines is 2. The molecule has 2 aromatic rings. The third-order valence-electron chi connectivity index (χ3n) is 3.46. The van der Waals surface area contributed by atoms with Gasteiger partial charge in [0.2, 0.25) is 0 Å². The molecule has 0 unspecified atom stereocenters. The summed E-state index contributed by atoms with van der Waals surface area (Å²) < 4.78 is 37.1. The van der Waals surface area contributed by atoms with Gasteiger partial charge in [-0.25, -0.2) is 8.78 Å². The van der Waals surface area contributed by atoms with Crippen molar-refractivity contribution in [2.75, 3.05) is 25.7 Å². The Morgan fingerprint density at radius 2 is 1.75 bits per heavy atom. The van der Waals surface area contributed by atoms with E-state index in [1.54, 1.807) is 12.1 Å². The number of carbonyl (C=O) groups is 1. The molecule has 0 atom stereocenters. The first kappa shape index (κ1) is 17.3. The normalized spacial score (nSPS) is 10.3. The Morgan fingerprint density at radius 3 is 2.29 bits per heavy atom. The minimum Gasteiger partial charge on any atom is -0.496 e. The Bertz CT molecular complexity index is 758. The summed E-state index contributed by atoms with van der Waals surface area (Å²) in [4.78, 5) is 12.1. The van der Waals surface area contributed by atoms with Crippen LogP contribution < -0.4 is 26.3 Å². The third-order valence-corrected chi connectivity index (χ3v) is 3.46. The van der Waals surface area contributed by atoms with Crippen LogP contribution in [0.2, 0.25) is 0 Å². The van der Waals surface area contributed by atoms with Crippen molar-refractivity contribution in [1.29, 1.82) is 0 Å². The molecular formula is C16H17F2N3O3. The summed E-state index contributed by atoms with van der Waals surface area (Å²) in [6.07, 6.45) is 0. The maximum atomic E-state index is 13.7. The number of nitrogens with two attached hydrogens (primary N) is 2. The Morgan fingerprint density at radius 1 is 1.12 bits per heavy atom. The highest BCUT2D eigenvalue weighted by molar-refractivity contribution is 5.94. The molecular weight excluding hydrogens is 320 g/mol. The molecule has 0 saturated heterocycles. The zero-order valence-corrected chi connectivity index (χ0v) is 13.2. The van der Waals surface area contributed by atoms with Gasteiger partial charge in [0.25, 0.3) is 5.91 Å². The molecule has 128 valence electrons. The second-order valence-corrected chi connectivity index (χ2v) is 4.91. The molecule has 2 rings (SSSR count). The summed E-state index contributed by atoms with van der Waals surface area (Å²) in [5.41, 5.74) is 12.5. The predicted molar refractivity (Wildman–Crippen MR) is 85.9 cm³/mol. The van der Waals surface area contributed by atoms with Gasteiger partial charge in [-0.2, -0.15) is 0 Å². The van der Waals surface area contributed by atoms with E-state index >= 15 is 0 Å². The summed E-state index contributed by atoms with van der Waals surface area (Å²) in [6.45, 7) is -0.0197. The SMILES string of the molecule is COc1ccc(N)c(N)c1CNC(=O)c1cc(F)c(OC)c(F)c1.